The van der Waals surface area contributed by atoms with Gasteiger partial charge in [-0.3, -0.25) is 9.59 Å². The van der Waals surface area contributed by atoms with Crippen molar-refractivity contribution in [3.63, 3.8) is 0 Å². The average molecular weight is 338 g/mol. The fourth-order valence-corrected chi connectivity index (χ4v) is 3.59. The number of hydrogen-bond acceptors (Lipinski definition) is 4. The van der Waals surface area contributed by atoms with E-state index >= 15 is 0 Å². The maximum atomic E-state index is 12.7. The molecule has 1 fully saturated rings. The van der Waals surface area contributed by atoms with Crippen molar-refractivity contribution in [2.24, 2.45) is 10.8 Å². The zero-order valence-electron chi connectivity index (χ0n) is 14.6. The molecule has 2 aliphatic rings. The summed E-state index contributed by atoms with van der Waals surface area (Å²) in [5.41, 5.74) is -0.100. The Hall–Kier alpha value is -2.49. The number of Topliss-reactive ketones (excluding diaryl/α,β-unsaturated/α-hetero) is 2. The molecular formula is C21H22O4. The summed E-state index contributed by atoms with van der Waals surface area (Å²) in [5, 5.41) is 0. The Morgan fingerprint density at radius 3 is 2.32 bits per heavy atom. The summed E-state index contributed by atoms with van der Waals surface area (Å²) < 4.78 is 5.24. The Morgan fingerprint density at radius 2 is 1.68 bits per heavy atom. The number of carbonyl (C=O) groups is 3. The van der Waals surface area contributed by atoms with E-state index in [2.05, 4.69) is 0 Å². The van der Waals surface area contributed by atoms with Gasteiger partial charge < -0.3 is 4.74 Å². The minimum Gasteiger partial charge on any atom is -0.431 e. The average Bonchev–Trinajstić information content (AvgIpc) is 2.58. The lowest BCUT2D eigenvalue weighted by Gasteiger charge is -2.41. The van der Waals surface area contributed by atoms with Crippen LogP contribution in [0.1, 0.15) is 49.9 Å². The number of carbonyl (C=O) groups excluding carboxylic acids is 3. The normalized spacial score (nSPS) is 23.0. The van der Waals surface area contributed by atoms with Crippen molar-refractivity contribution in [3.8, 4) is 0 Å². The van der Waals surface area contributed by atoms with Crippen molar-refractivity contribution in [2.75, 3.05) is 0 Å². The monoisotopic (exact) mass is 338 g/mol. The van der Waals surface area contributed by atoms with Gasteiger partial charge in [0.25, 0.3) is 0 Å². The molecule has 0 saturated heterocycles. The quantitative estimate of drug-likeness (QED) is 0.464. The number of allylic oxidation sites excluding steroid dienone is 3. The summed E-state index contributed by atoms with van der Waals surface area (Å²) in [6, 6.07) is 8.70. The number of ether oxygens (including phenoxy) is 1. The summed E-state index contributed by atoms with van der Waals surface area (Å²) >= 11 is 0. The molecule has 1 spiro atoms. The van der Waals surface area contributed by atoms with Crippen LogP contribution in [0.4, 0.5) is 0 Å². The minimum absolute atomic E-state index is 0.00149. The van der Waals surface area contributed by atoms with Crippen LogP contribution in [0.3, 0.4) is 0 Å². The first-order valence-corrected chi connectivity index (χ1v) is 8.51. The van der Waals surface area contributed by atoms with Gasteiger partial charge in [-0.1, -0.05) is 44.2 Å². The van der Waals surface area contributed by atoms with Crippen LogP contribution in [-0.4, -0.2) is 17.5 Å². The number of benzene rings is 1. The molecule has 0 N–H and O–H groups in total. The SMILES string of the molecule is CC1(C)CC(=O)C2(CC=C/C(=C\OC(=O)c3ccccc3)C2)C(=O)C1. The molecule has 3 rings (SSSR count). The van der Waals surface area contributed by atoms with Crippen LogP contribution in [0, 0.1) is 10.8 Å². The Balaban J connectivity index is 1.76. The van der Waals surface area contributed by atoms with E-state index in [0.29, 0.717) is 36.8 Å². The van der Waals surface area contributed by atoms with Crippen molar-refractivity contribution in [2.45, 2.75) is 39.5 Å². The lowest BCUT2D eigenvalue weighted by atomic mass is 9.59. The number of rotatable bonds is 2. The third kappa shape index (κ3) is 3.48. The van der Waals surface area contributed by atoms with Crippen LogP contribution in [0.15, 0.2) is 54.3 Å². The topological polar surface area (TPSA) is 60.4 Å². The van der Waals surface area contributed by atoms with Crippen LogP contribution in [0.25, 0.3) is 0 Å². The molecule has 0 bridgehead atoms. The Labute approximate surface area is 147 Å². The van der Waals surface area contributed by atoms with Gasteiger partial charge in [0.15, 0.2) is 0 Å². The maximum Gasteiger partial charge on any atom is 0.342 e. The fraction of sp³-hybridized carbons (Fsp3) is 0.381. The molecule has 0 atom stereocenters. The molecule has 2 aliphatic carbocycles. The zero-order valence-corrected chi connectivity index (χ0v) is 14.6. The summed E-state index contributed by atoms with van der Waals surface area (Å²) in [5.74, 6) is -0.458. The molecule has 4 nitrogen and oxygen atoms in total. The second-order valence-corrected chi connectivity index (χ2v) is 7.69. The summed E-state index contributed by atoms with van der Waals surface area (Å²) in [4.78, 5) is 37.5. The molecule has 130 valence electrons. The second-order valence-electron chi connectivity index (χ2n) is 7.69. The molecule has 0 heterocycles. The zero-order chi connectivity index (χ0) is 18.1. The third-order valence-electron chi connectivity index (χ3n) is 4.98. The molecule has 0 unspecified atom stereocenters. The first-order chi connectivity index (χ1) is 11.8. The highest BCUT2D eigenvalue weighted by molar-refractivity contribution is 6.10. The summed E-state index contributed by atoms with van der Waals surface area (Å²) in [6.07, 6.45) is 6.58. The van der Waals surface area contributed by atoms with Gasteiger partial charge in [0.2, 0.25) is 0 Å². The van der Waals surface area contributed by atoms with Gasteiger partial charge in [0.05, 0.1) is 17.2 Å². The molecule has 1 saturated carbocycles. The van der Waals surface area contributed by atoms with E-state index in [4.69, 9.17) is 4.74 Å². The number of hydrogen-bond donors (Lipinski definition) is 0. The standard InChI is InChI=1S/C21H22O4/c1-20(2)12-17(22)21(18(23)13-20)10-6-7-15(11-21)14-25-19(24)16-8-4-3-5-9-16/h3-9,14H,10-13H2,1-2H3/b15-14+. The lowest BCUT2D eigenvalue weighted by Crippen LogP contribution is -2.48. The Kier molecular flexibility index (Phi) is 4.46. The van der Waals surface area contributed by atoms with Gasteiger partial charge in [-0.15, -0.1) is 0 Å². The Morgan fingerprint density at radius 1 is 1.04 bits per heavy atom. The fourth-order valence-electron chi connectivity index (χ4n) is 3.59. The van der Waals surface area contributed by atoms with E-state index in [-0.39, 0.29) is 17.0 Å². The van der Waals surface area contributed by atoms with Crippen LogP contribution in [-0.2, 0) is 14.3 Å². The van der Waals surface area contributed by atoms with E-state index in [0.717, 1.165) is 0 Å². The molecule has 0 radical (unpaired) electrons. The van der Waals surface area contributed by atoms with E-state index in [1.807, 2.05) is 32.1 Å². The molecule has 0 amide bonds. The maximum absolute atomic E-state index is 12.7. The molecule has 1 aromatic carbocycles. The van der Waals surface area contributed by atoms with E-state index < -0.39 is 11.4 Å². The Bertz CT molecular complexity index is 748. The predicted molar refractivity (Wildman–Crippen MR) is 93.8 cm³/mol. The van der Waals surface area contributed by atoms with Gasteiger partial charge in [0, 0.05) is 12.8 Å². The van der Waals surface area contributed by atoms with Gasteiger partial charge >= 0.3 is 5.97 Å². The summed E-state index contributed by atoms with van der Waals surface area (Å²) in [7, 11) is 0. The summed E-state index contributed by atoms with van der Waals surface area (Å²) in [6.45, 7) is 3.90. The van der Waals surface area contributed by atoms with E-state index in [1.165, 1.54) is 6.26 Å². The number of esters is 1. The van der Waals surface area contributed by atoms with Crippen molar-refractivity contribution < 1.29 is 19.1 Å². The smallest absolute Gasteiger partial charge is 0.342 e. The van der Waals surface area contributed by atoms with Crippen molar-refractivity contribution in [1.29, 1.82) is 0 Å². The predicted octanol–water partition coefficient (Wildman–Crippen LogP) is 4.02. The van der Waals surface area contributed by atoms with Gasteiger partial charge in [-0.05, 0) is 36.0 Å². The highest BCUT2D eigenvalue weighted by Gasteiger charge is 2.51. The van der Waals surface area contributed by atoms with Crippen LogP contribution >= 0.6 is 0 Å². The van der Waals surface area contributed by atoms with Crippen LogP contribution < -0.4 is 0 Å². The van der Waals surface area contributed by atoms with E-state index in [9.17, 15) is 14.4 Å². The lowest BCUT2D eigenvalue weighted by molar-refractivity contribution is -0.148. The highest BCUT2D eigenvalue weighted by atomic mass is 16.5. The first-order valence-electron chi connectivity index (χ1n) is 8.51. The van der Waals surface area contributed by atoms with Gasteiger partial charge in [-0.25, -0.2) is 4.79 Å². The largest absolute Gasteiger partial charge is 0.431 e. The van der Waals surface area contributed by atoms with Crippen molar-refractivity contribution in [1.82, 2.24) is 0 Å². The number of ketones is 2. The second kappa shape index (κ2) is 6.43. The highest BCUT2D eigenvalue weighted by Crippen LogP contribution is 2.47. The third-order valence-corrected chi connectivity index (χ3v) is 4.98. The van der Waals surface area contributed by atoms with Crippen LogP contribution in [0.5, 0.6) is 0 Å². The first kappa shape index (κ1) is 17.3. The molecule has 4 heteroatoms. The molecule has 0 aromatic heterocycles. The van der Waals surface area contributed by atoms with Gasteiger partial charge in [0.1, 0.15) is 11.6 Å². The van der Waals surface area contributed by atoms with Gasteiger partial charge in [-0.2, -0.15) is 0 Å². The minimum atomic E-state index is -0.977. The molecule has 1 aromatic rings. The molecule has 0 aliphatic heterocycles. The molecule has 25 heavy (non-hydrogen) atoms. The van der Waals surface area contributed by atoms with E-state index in [1.54, 1.807) is 24.3 Å². The molecular weight excluding hydrogens is 316 g/mol. The van der Waals surface area contributed by atoms with Crippen molar-refractivity contribution in [3.05, 3.63) is 59.9 Å². The van der Waals surface area contributed by atoms with Crippen LogP contribution in [0.2, 0.25) is 0 Å². The van der Waals surface area contributed by atoms with Crippen molar-refractivity contribution >= 4 is 17.5 Å².